The fraction of sp³-hybridized carbons (Fsp3) is 0.222. The van der Waals surface area contributed by atoms with Gasteiger partial charge in [0.1, 0.15) is 5.15 Å². The first kappa shape index (κ1) is 13.4. The van der Waals surface area contributed by atoms with Crippen LogP contribution in [0, 0.1) is 0 Å². The van der Waals surface area contributed by atoms with Gasteiger partial charge in [0, 0.05) is 12.6 Å². The van der Waals surface area contributed by atoms with Crippen molar-refractivity contribution < 1.29 is 0 Å². The molecule has 1 aromatic rings. The highest BCUT2D eigenvalue weighted by Crippen LogP contribution is 2.36. The number of pyridine rings is 1. The molecule has 15 heavy (non-hydrogen) atoms. The molecule has 0 fully saturated rings. The van der Waals surface area contributed by atoms with E-state index in [1.165, 1.54) is 6.20 Å². The Morgan fingerprint density at radius 1 is 1.33 bits per heavy atom. The molecule has 1 heterocycles. The predicted molar refractivity (Wildman–Crippen MR) is 68.2 cm³/mol. The summed E-state index contributed by atoms with van der Waals surface area (Å²) in [5.74, 6) is 0. The van der Waals surface area contributed by atoms with Gasteiger partial charge in [0.05, 0.1) is 5.02 Å². The van der Waals surface area contributed by atoms with Gasteiger partial charge in [0.25, 0.3) is 0 Å². The lowest BCUT2D eigenvalue weighted by molar-refractivity contribution is 1.09. The van der Waals surface area contributed by atoms with E-state index in [1.807, 2.05) is 0 Å². The van der Waals surface area contributed by atoms with Crippen LogP contribution in [0.4, 0.5) is 0 Å². The highest BCUT2D eigenvalue weighted by Gasteiger charge is 2.21. The molecule has 0 spiro atoms. The van der Waals surface area contributed by atoms with Crippen LogP contribution in [0.1, 0.15) is 12.0 Å². The first-order valence-electron chi connectivity index (χ1n) is 3.85. The number of halogens is 5. The summed E-state index contributed by atoms with van der Waals surface area (Å²) in [7, 11) is 0. The lowest BCUT2D eigenvalue weighted by Gasteiger charge is -2.13. The lowest BCUT2D eigenvalue weighted by atomic mass is 10.1. The van der Waals surface area contributed by atoms with Gasteiger partial charge in [-0.25, -0.2) is 4.98 Å². The molecule has 0 bridgehead atoms. The summed E-state index contributed by atoms with van der Waals surface area (Å²) in [6.45, 7) is 3.79. The number of hydrogen-bond acceptors (Lipinski definition) is 1. The van der Waals surface area contributed by atoms with Crippen molar-refractivity contribution in [1.82, 2.24) is 4.98 Å². The fourth-order valence-electron chi connectivity index (χ4n) is 0.959. The molecule has 0 aliphatic heterocycles. The Balaban J connectivity index is 2.88. The molecule has 0 N–H and O–H groups in total. The lowest BCUT2D eigenvalue weighted by Crippen LogP contribution is -2.02. The van der Waals surface area contributed by atoms with Gasteiger partial charge in [0.15, 0.2) is 3.79 Å². The summed E-state index contributed by atoms with van der Waals surface area (Å²) in [5, 5.41) is 0.585. The third-order valence-corrected chi connectivity index (χ3v) is 2.71. The second kappa shape index (κ2) is 5.11. The Morgan fingerprint density at radius 2 is 1.93 bits per heavy atom. The van der Waals surface area contributed by atoms with Crippen LogP contribution >= 0.6 is 58.0 Å². The van der Waals surface area contributed by atoms with Crippen LogP contribution in [0.15, 0.2) is 18.8 Å². The molecule has 0 aliphatic carbocycles. The van der Waals surface area contributed by atoms with Crippen molar-refractivity contribution in [2.75, 3.05) is 0 Å². The first-order valence-corrected chi connectivity index (χ1v) is 5.74. The number of allylic oxidation sites excluding steroid dienone is 1. The van der Waals surface area contributed by atoms with Crippen LogP contribution in [0.2, 0.25) is 10.2 Å². The Labute approximate surface area is 113 Å². The van der Waals surface area contributed by atoms with Gasteiger partial charge in [-0.05, 0) is 17.2 Å². The van der Waals surface area contributed by atoms with E-state index in [0.717, 1.165) is 0 Å². The van der Waals surface area contributed by atoms with Crippen molar-refractivity contribution in [3.63, 3.8) is 0 Å². The highest BCUT2D eigenvalue weighted by molar-refractivity contribution is 6.67. The molecule has 0 amide bonds. The zero-order valence-corrected chi connectivity index (χ0v) is 11.2. The van der Waals surface area contributed by atoms with Crippen LogP contribution in [-0.2, 0) is 0 Å². The minimum absolute atomic E-state index is 0.206. The van der Waals surface area contributed by atoms with Gasteiger partial charge < -0.3 is 0 Å². The van der Waals surface area contributed by atoms with Gasteiger partial charge in [-0.15, -0.1) is 0 Å². The predicted octanol–water partition coefficient (Wildman–Crippen LogP) is 5.16. The van der Waals surface area contributed by atoms with Crippen molar-refractivity contribution >= 4 is 63.6 Å². The summed E-state index contributed by atoms with van der Waals surface area (Å²) < 4.78 is -1.37. The third kappa shape index (κ3) is 4.38. The van der Waals surface area contributed by atoms with E-state index in [4.69, 9.17) is 58.0 Å². The van der Waals surface area contributed by atoms with E-state index in [-0.39, 0.29) is 11.6 Å². The van der Waals surface area contributed by atoms with Crippen molar-refractivity contribution in [1.29, 1.82) is 0 Å². The average Bonchev–Trinajstić information content (AvgIpc) is 2.06. The molecular weight excluding hydrogens is 299 g/mol. The minimum Gasteiger partial charge on any atom is -0.242 e. The Kier molecular flexibility index (Phi) is 4.57. The monoisotopic (exact) mass is 303 g/mol. The maximum absolute atomic E-state index is 5.79. The van der Waals surface area contributed by atoms with Crippen LogP contribution < -0.4 is 0 Å². The van der Waals surface area contributed by atoms with Crippen LogP contribution in [0.3, 0.4) is 0 Å². The number of hydrogen-bond donors (Lipinski definition) is 0. The van der Waals surface area contributed by atoms with Crippen molar-refractivity contribution in [3.05, 3.63) is 34.6 Å². The summed E-state index contributed by atoms with van der Waals surface area (Å²) in [5.41, 5.74) is 1.34. The van der Waals surface area contributed by atoms with E-state index < -0.39 is 3.79 Å². The molecule has 0 aromatic carbocycles. The largest absolute Gasteiger partial charge is 0.242 e. The number of nitrogens with zero attached hydrogens (tertiary/aromatic N) is 1. The topological polar surface area (TPSA) is 12.9 Å². The average molecular weight is 305 g/mol. The van der Waals surface area contributed by atoms with Gasteiger partial charge in [-0.2, -0.15) is 0 Å². The molecule has 6 heteroatoms. The van der Waals surface area contributed by atoms with Crippen molar-refractivity contribution in [2.24, 2.45) is 0 Å². The molecule has 0 saturated carbocycles. The molecule has 82 valence electrons. The maximum atomic E-state index is 5.79. The summed E-state index contributed by atoms with van der Waals surface area (Å²) in [6.07, 6.45) is 1.74. The first-order chi connectivity index (χ1) is 6.79. The highest BCUT2D eigenvalue weighted by atomic mass is 35.6. The quantitative estimate of drug-likeness (QED) is 0.543. The number of alkyl halides is 3. The normalized spacial score (nSPS) is 11.5. The van der Waals surface area contributed by atoms with Gasteiger partial charge >= 0.3 is 0 Å². The van der Waals surface area contributed by atoms with E-state index in [2.05, 4.69) is 11.6 Å². The summed E-state index contributed by atoms with van der Waals surface area (Å²) in [6, 6.07) is 1.63. The van der Waals surface area contributed by atoms with Gasteiger partial charge in [0.2, 0.25) is 0 Å². The van der Waals surface area contributed by atoms with Crippen LogP contribution in [0.5, 0.6) is 0 Å². The van der Waals surface area contributed by atoms with Crippen LogP contribution in [0.25, 0.3) is 5.57 Å². The third-order valence-electron chi connectivity index (χ3n) is 1.62. The van der Waals surface area contributed by atoms with E-state index in [1.54, 1.807) is 6.07 Å². The van der Waals surface area contributed by atoms with Crippen molar-refractivity contribution in [2.45, 2.75) is 10.2 Å². The molecule has 1 nitrogen and oxygen atoms in total. The van der Waals surface area contributed by atoms with E-state index in [0.29, 0.717) is 16.2 Å². The zero-order valence-electron chi connectivity index (χ0n) is 7.41. The Hall–Kier alpha value is 0.340. The molecule has 0 radical (unpaired) electrons. The van der Waals surface area contributed by atoms with Crippen LogP contribution in [-0.4, -0.2) is 8.78 Å². The maximum Gasteiger partial charge on any atom is 0.194 e. The fourth-order valence-corrected chi connectivity index (χ4v) is 1.71. The van der Waals surface area contributed by atoms with E-state index >= 15 is 0 Å². The van der Waals surface area contributed by atoms with Crippen molar-refractivity contribution in [3.8, 4) is 0 Å². The molecule has 0 unspecified atom stereocenters. The second-order valence-electron chi connectivity index (χ2n) is 2.89. The van der Waals surface area contributed by atoms with Gasteiger partial charge in [-0.1, -0.05) is 64.6 Å². The second-order valence-corrected chi connectivity index (χ2v) is 6.17. The standard InChI is InChI=1S/C9H6Cl5N/c1-5(3-9(12,13)14)6-2-7(10)8(11)15-4-6/h2,4H,1,3H2. The number of aromatic nitrogens is 1. The minimum atomic E-state index is -1.37. The summed E-state index contributed by atoms with van der Waals surface area (Å²) in [4.78, 5) is 3.87. The molecule has 0 saturated heterocycles. The molecular formula is C9H6Cl5N. The number of rotatable bonds is 2. The Morgan fingerprint density at radius 3 is 2.40 bits per heavy atom. The zero-order chi connectivity index (χ0) is 11.6. The molecule has 0 atom stereocenters. The Bertz CT molecular complexity index is 383. The smallest absolute Gasteiger partial charge is 0.194 e. The molecule has 0 aliphatic rings. The summed E-state index contributed by atoms with van der Waals surface area (Å²) >= 11 is 28.4. The van der Waals surface area contributed by atoms with E-state index in [9.17, 15) is 0 Å². The molecule has 1 rings (SSSR count). The van der Waals surface area contributed by atoms with Gasteiger partial charge in [-0.3, -0.25) is 0 Å². The SMILES string of the molecule is C=C(CC(Cl)(Cl)Cl)c1cnc(Cl)c(Cl)c1. The molecule has 1 aromatic heterocycles.